The Bertz CT molecular complexity index is 504. The van der Waals surface area contributed by atoms with E-state index < -0.39 is 12.0 Å². The van der Waals surface area contributed by atoms with Gasteiger partial charge in [0.1, 0.15) is 0 Å². The predicted molar refractivity (Wildman–Crippen MR) is 77.7 cm³/mol. The van der Waals surface area contributed by atoms with Gasteiger partial charge in [-0.1, -0.05) is 12.1 Å². The number of amides is 2. The van der Waals surface area contributed by atoms with E-state index in [-0.39, 0.29) is 24.4 Å². The maximum Gasteiger partial charge on any atom is 0.338 e. The number of carbonyl (C=O) groups excluding carboxylic acids is 1. The van der Waals surface area contributed by atoms with E-state index in [0.29, 0.717) is 18.7 Å². The number of ether oxygens (including phenoxy) is 1. The Labute approximate surface area is 123 Å². The van der Waals surface area contributed by atoms with Gasteiger partial charge in [0.25, 0.3) is 0 Å². The Morgan fingerprint density at radius 1 is 1.33 bits per heavy atom. The number of hydrogen-bond donors (Lipinski definition) is 3. The molecule has 0 heterocycles. The monoisotopic (exact) mass is 296 g/mol. The molecule has 1 rings (SSSR count). The molecule has 116 valence electrons. The van der Waals surface area contributed by atoms with Crippen molar-refractivity contribution in [2.75, 3.05) is 38.7 Å². The van der Waals surface area contributed by atoms with Crippen molar-refractivity contribution in [2.24, 2.45) is 0 Å². The second-order valence-corrected chi connectivity index (χ2v) is 4.44. The second kappa shape index (κ2) is 8.23. The number of hydrogen-bond acceptors (Lipinski definition) is 4. The number of nitrogens with one attached hydrogen (secondary N) is 1. The molecule has 0 aliphatic rings. The number of aliphatic hydroxyl groups excluding tert-OH is 1. The van der Waals surface area contributed by atoms with Crippen LogP contribution in [0.5, 0.6) is 0 Å². The maximum absolute atomic E-state index is 12.1. The van der Waals surface area contributed by atoms with Crippen LogP contribution >= 0.6 is 0 Å². The van der Waals surface area contributed by atoms with Gasteiger partial charge in [-0.25, -0.2) is 9.59 Å². The number of urea groups is 1. The van der Waals surface area contributed by atoms with Crippen LogP contribution in [0.15, 0.2) is 18.2 Å². The summed E-state index contributed by atoms with van der Waals surface area (Å²) in [6.45, 7) is 2.25. The van der Waals surface area contributed by atoms with Gasteiger partial charge in [-0.3, -0.25) is 0 Å². The lowest BCUT2D eigenvalue weighted by Crippen LogP contribution is -2.39. The van der Waals surface area contributed by atoms with Crippen molar-refractivity contribution in [3.63, 3.8) is 0 Å². The fourth-order valence-corrected chi connectivity index (χ4v) is 1.89. The van der Waals surface area contributed by atoms with Gasteiger partial charge >= 0.3 is 12.0 Å². The molecular weight excluding hydrogens is 276 g/mol. The van der Waals surface area contributed by atoms with Crippen molar-refractivity contribution in [1.82, 2.24) is 4.90 Å². The van der Waals surface area contributed by atoms with Crippen molar-refractivity contribution in [3.05, 3.63) is 29.3 Å². The number of carbonyl (C=O) groups is 2. The summed E-state index contributed by atoms with van der Waals surface area (Å²) in [5.74, 6) is -1.10. The lowest BCUT2D eigenvalue weighted by Gasteiger charge is -2.22. The molecule has 0 saturated carbocycles. The minimum absolute atomic E-state index is 0.0570. The standard InChI is InChI=1S/C14H20N2O5/c1-10-4-3-5-11(12(10)13(18)19)15-14(20)16(6-8-17)7-9-21-2/h3-5,17H,6-9H2,1-2H3,(H,15,20)(H,18,19). The van der Waals surface area contributed by atoms with Crippen LogP contribution < -0.4 is 5.32 Å². The molecule has 0 fully saturated rings. The molecule has 21 heavy (non-hydrogen) atoms. The third kappa shape index (κ3) is 4.73. The van der Waals surface area contributed by atoms with Gasteiger partial charge < -0.3 is 25.2 Å². The summed E-state index contributed by atoms with van der Waals surface area (Å²) >= 11 is 0. The molecule has 0 atom stereocenters. The molecule has 3 N–H and O–H groups in total. The molecule has 2 amide bonds. The predicted octanol–water partition coefficient (Wildman–Crippen LogP) is 1.17. The van der Waals surface area contributed by atoms with E-state index in [4.69, 9.17) is 9.84 Å². The number of carboxylic acids is 1. The zero-order chi connectivity index (χ0) is 15.8. The molecule has 7 heteroatoms. The third-order valence-electron chi connectivity index (χ3n) is 2.95. The molecule has 0 aliphatic carbocycles. The summed E-state index contributed by atoms with van der Waals surface area (Å²) in [7, 11) is 1.51. The van der Waals surface area contributed by atoms with E-state index in [1.807, 2.05) is 0 Å². The summed E-state index contributed by atoms with van der Waals surface area (Å²) in [5, 5.41) is 20.8. The van der Waals surface area contributed by atoms with E-state index in [1.54, 1.807) is 19.1 Å². The molecule has 7 nitrogen and oxygen atoms in total. The number of rotatable bonds is 7. The highest BCUT2D eigenvalue weighted by Crippen LogP contribution is 2.20. The lowest BCUT2D eigenvalue weighted by atomic mass is 10.1. The minimum Gasteiger partial charge on any atom is -0.478 e. The van der Waals surface area contributed by atoms with E-state index in [9.17, 15) is 14.7 Å². The molecule has 0 radical (unpaired) electrons. The van der Waals surface area contributed by atoms with E-state index in [0.717, 1.165) is 0 Å². The third-order valence-corrected chi connectivity index (χ3v) is 2.95. The van der Waals surface area contributed by atoms with Crippen molar-refractivity contribution < 1.29 is 24.5 Å². The van der Waals surface area contributed by atoms with Crippen LogP contribution in [0.1, 0.15) is 15.9 Å². The molecule has 0 aromatic heterocycles. The number of anilines is 1. The second-order valence-electron chi connectivity index (χ2n) is 4.44. The van der Waals surface area contributed by atoms with Crippen LogP contribution in [0, 0.1) is 6.92 Å². The highest BCUT2D eigenvalue weighted by Gasteiger charge is 2.18. The van der Waals surface area contributed by atoms with Gasteiger partial charge in [0.15, 0.2) is 0 Å². The summed E-state index contributed by atoms with van der Waals surface area (Å²) in [4.78, 5) is 24.8. The van der Waals surface area contributed by atoms with Crippen molar-refractivity contribution in [3.8, 4) is 0 Å². The van der Waals surface area contributed by atoms with Gasteiger partial charge in [0.05, 0.1) is 24.5 Å². The van der Waals surface area contributed by atoms with Crippen molar-refractivity contribution >= 4 is 17.7 Å². The number of aromatic carboxylic acids is 1. The molecule has 0 spiro atoms. The first kappa shape index (κ1) is 16.9. The molecule has 0 aliphatic heterocycles. The van der Waals surface area contributed by atoms with E-state index >= 15 is 0 Å². The zero-order valence-corrected chi connectivity index (χ0v) is 12.1. The number of methoxy groups -OCH3 is 1. The Balaban J connectivity index is 2.90. The lowest BCUT2D eigenvalue weighted by molar-refractivity contribution is 0.0697. The fourth-order valence-electron chi connectivity index (χ4n) is 1.89. The van der Waals surface area contributed by atoms with Crippen LogP contribution in [0.4, 0.5) is 10.5 Å². The Kier molecular flexibility index (Phi) is 6.64. The van der Waals surface area contributed by atoms with Crippen molar-refractivity contribution in [1.29, 1.82) is 0 Å². The van der Waals surface area contributed by atoms with Gasteiger partial charge in [-0.15, -0.1) is 0 Å². The highest BCUT2D eigenvalue weighted by molar-refractivity contribution is 6.01. The van der Waals surface area contributed by atoms with Gasteiger partial charge in [0.2, 0.25) is 0 Å². The molecule has 0 bridgehead atoms. The topological polar surface area (TPSA) is 99.1 Å². The number of nitrogens with zero attached hydrogens (tertiary/aromatic N) is 1. The fraction of sp³-hybridized carbons (Fsp3) is 0.429. The summed E-state index contributed by atoms with van der Waals surface area (Å²) in [5.41, 5.74) is 0.847. The SMILES string of the molecule is COCCN(CCO)C(=O)Nc1cccc(C)c1C(=O)O. The van der Waals surface area contributed by atoms with Crippen LogP contribution in [0.3, 0.4) is 0 Å². The van der Waals surface area contributed by atoms with Crippen molar-refractivity contribution in [2.45, 2.75) is 6.92 Å². The summed E-state index contributed by atoms with van der Waals surface area (Å²) < 4.78 is 4.90. The first-order valence-electron chi connectivity index (χ1n) is 6.50. The molecule has 1 aromatic rings. The van der Waals surface area contributed by atoms with Gasteiger partial charge in [-0.05, 0) is 18.6 Å². The minimum atomic E-state index is -1.10. The average molecular weight is 296 g/mol. The van der Waals surface area contributed by atoms with E-state index in [2.05, 4.69) is 5.32 Å². The molecule has 1 aromatic carbocycles. The first-order valence-corrected chi connectivity index (χ1v) is 6.50. The van der Waals surface area contributed by atoms with Gasteiger partial charge in [0, 0.05) is 20.2 Å². The highest BCUT2D eigenvalue weighted by atomic mass is 16.5. The molecule has 0 unspecified atom stereocenters. The molecule has 0 saturated heterocycles. The largest absolute Gasteiger partial charge is 0.478 e. The Hall–Kier alpha value is -2.12. The quantitative estimate of drug-likeness (QED) is 0.701. The smallest absolute Gasteiger partial charge is 0.338 e. The van der Waals surface area contributed by atoms with E-state index in [1.165, 1.54) is 18.1 Å². The average Bonchev–Trinajstić information content (AvgIpc) is 2.43. The normalized spacial score (nSPS) is 10.2. The zero-order valence-electron chi connectivity index (χ0n) is 12.1. The summed E-state index contributed by atoms with van der Waals surface area (Å²) in [6.07, 6.45) is 0. The van der Waals surface area contributed by atoms with Crippen LogP contribution in [0.2, 0.25) is 0 Å². The number of benzene rings is 1. The number of aryl methyl sites for hydroxylation is 1. The van der Waals surface area contributed by atoms with Crippen LogP contribution in [0.25, 0.3) is 0 Å². The molecular formula is C14H20N2O5. The van der Waals surface area contributed by atoms with Gasteiger partial charge in [-0.2, -0.15) is 0 Å². The summed E-state index contributed by atoms with van der Waals surface area (Å²) in [6, 6.07) is 4.38. The maximum atomic E-state index is 12.1. The Morgan fingerprint density at radius 3 is 2.62 bits per heavy atom. The van der Waals surface area contributed by atoms with Crippen LogP contribution in [-0.4, -0.2) is 60.5 Å². The van der Waals surface area contributed by atoms with Crippen LogP contribution in [-0.2, 0) is 4.74 Å². The number of carboxylic acid groups (broad SMARTS) is 1. The first-order chi connectivity index (χ1) is 10.0. The number of aliphatic hydroxyl groups is 1. The Morgan fingerprint density at radius 2 is 2.05 bits per heavy atom.